The van der Waals surface area contributed by atoms with Crippen LogP contribution in [0.15, 0.2) is 46.8 Å². The largest absolute Gasteiger partial charge is 0.481 e. The molecule has 1 aromatic heterocycles. The number of carboxylic acid groups (broad SMARTS) is 1. The molecule has 32 heavy (non-hydrogen) atoms. The Morgan fingerprint density at radius 2 is 1.81 bits per heavy atom. The first-order chi connectivity index (χ1) is 15.4. The molecule has 2 N–H and O–H groups in total. The Balaban J connectivity index is 1.41. The highest BCUT2D eigenvalue weighted by Gasteiger charge is 2.35. The van der Waals surface area contributed by atoms with E-state index in [1.165, 1.54) is 23.1 Å². The molecule has 1 fully saturated rings. The van der Waals surface area contributed by atoms with Gasteiger partial charge in [-0.3, -0.25) is 14.4 Å². The summed E-state index contributed by atoms with van der Waals surface area (Å²) in [4.78, 5) is 41.1. The molecule has 2 atom stereocenters. The smallest absolute Gasteiger partial charge is 0.307 e. The molecule has 0 saturated heterocycles. The summed E-state index contributed by atoms with van der Waals surface area (Å²) in [5.41, 5.74) is 2.01. The monoisotopic (exact) mass is 488 g/mol. The number of carbonyl (C=O) groups excluding carboxylic acids is 2. The van der Waals surface area contributed by atoms with Gasteiger partial charge in [0, 0.05) is 16.3 Å². The lowest BCUT2D eigenvalue weighted by Crippen LogP contribution is -2.36. The van der Waals surface area contributed by atoms with Crippen LogP contribution in [0, 0.1) is 11.8 Å². The summed E-state index contributed by atoms with van der Waals surface area (Å²) in [5.74, 6) is -2.02. The Morgan fingerprint density at radius 3 is 2.53 bits per heavy atom. The van der Waals surface area contributed by atoms with Crippen LogP contribution in [0.5, 0.6) is 0 Å². The van der Waals surface area contributed by atoms with E-state index < -0.39 is 17.8 Å². The van der Waals surface area contributed by atoms with Gasteiger partial charge in [0.15, 0.2) is 10.1 Å². The molecule has 1 heterocycles. The summed E-state index contributed by atoms with van der Waals surface area (Å²) in [5, 5.41) is 12.9. The van der Waals surface area contributed by atoms with E-state index in [9.17, 15) is 19.5 Å². The molecule has 6 nitrogen and oxygen atoms in total. The van der Waals surface area contributed by atoms with Crippen molar-refractivity contribution in [1.82, 2.24) is 4.98 Å². The van der Waals surface area contributed by atoms with E-state index in [0.717, 1.165) is 27.4 Å². The number of rotatable bonds is 7. The van der Waals surface area contributed by atoms with Crippen molar-refractivity contribution < 1.29 is 19.5 Å². The van der Waals surface area contributed by atoms with Crippen molar-refractivity contribution in [1.29, 1.82) is 0 Å². The van der Waals surface area contributed by atoms with Crippen LogP contribution in [0.2, 0.25) is 5.02 Å². The standard InChI is InChI=1S/C23H21ClN2O4S2/c24-14-7-5-13(6-8-14)19(27)12-31-23-26-18-10-9-15(11-20(18)32-23)25-21(28)16-3-1-2-4-17(16)22(29)30/h5-11,16-17H,1-4,12H2,(H,25,28)(H,29,30)/t16-,17-/m0/s1. The van der Waals surface area contributed by atoms with Crippen LogP contribution in [0.3, 0.4) is 0 Å². The number of hydrogen-bond acceptors (Lipinski definition) is 6. The minimum Gasteiger partial charge on any atom is -0.481 e. The molecule has 1 amide bonds. The molecule has 0 bridgehead atoms. The van der Waals surface area contributed by atoms with Crippen LogP contribution in [0.4, 0.5) is 5.69 Å². The number of Topliss-reactive ketones (excluding diaryl/α,β-unsaturated/α-hetero) is 1. The third-order valence-corrected chi connectivity index (χ3v) is 7.96. The number of thioether (sulfide) groups is 1. The van der Waals surface area contributed by atoms with Gasteiger partial charge < -0.3 is 10.4 Å². The van der Waals surface area contributed by atoms with E-state index in [4.69, 9.17) is 11.6 Å². The maximum atomic E-state index is 12.7. The minimum atomic E-state index is -0.905. The van der Waals surface area contributed by atoms with Gasteiger partial charge in [0.05, 0.1) is 27.8 Å². The SMILES string of the molecule is O=C(CSc1nc2ccc(NC(=O)[C@H]3CCCC[C@@H]3C(=O)O)cc2s1)c1ccc(Cl)cc1. The van der Waals surface area contributed by atoms with Crippen LogP contribution < -0.4 is 5.32 Å². The quantitative estimate of drug-likeness (QED) is 0.324. The second-order valence-electron chi connectivity index (χ2n) is 7.71. The molecule has 1 aliphatic carbocycles. The number of fused-ring (bicyclic) bond motifs is 1. The molecule has 0 aliphatic heterocycles. The number of benzene rings is 2. The van der Waals surface area contributed by atoms with Crippen molar-refractivity contribution in [3.8, 4) is 0 Å². The van der Waals surface area contributed by atoms with Gasteiger partial charge in [0.1, 0.15) is 0 Å². The summed E-state index contributed by atoms with van der Waals surface area (Å²) in [6, 6.07) is 12.2. The fourth-order valence-electron chi connectivity index (χ4n) is 3.86. The Labute approximate surface area is 198 Å². The Morgan fingerprint density at radius 1 is 1.09 bits per heavy atom. The molecule has 1 aliphatic rings. The predicted molar refractivity (Wildman–Crippen MR) is 128 cm³/mol. The van der Waals surface area contributed by atoms with E-state index in [1.807, 2.05) is 12.1 Å². The lowest BCUT2D eigenvalue weighted by atomic mass is 9.78. The number of aliphatic carboxylic acids is 1. The zero-order valence-electron chi connectivity index (χ0n) is 17.0. The zero-order chi connectivity index (χ0) is 22.7. The molecule has 0 radical (unpaired) electrons. The normalized spacial score (nSPS) is 18.4. The molecule has 3 aromatic rings. The topological polar surface area (TPSA) is 96.4 Å². The number of ketones is 1. The van der Waals surface area contributed by atoms with E-state index >= 15 is 0 Å². The molecular formula is C23H21ClN2O4S2. The van der Waals surface area contributed by atoms with Crippen molar-refractivity contribution in [2.24, 2.45) is 11.8 Å². The van der Waals surface area contributed by atoms with E-state index in [1.54, 1.807) is 30.3 Å². The van der Waals surface area contributed by atoms with Gasteiger partial charge >= 0.3 is 5.97 Å². The van der Waals surface area contributed by atoms with Crippen molar-refractivity contribution >= 4 is 68.3 Å². The highest BCUT2D eigenvalue weighted by molar-refractivity contribution is 8.01. The fourth-order valence-corrected chi connectivity index (χ4v) is 5.99. The Kier molecular flexibility index (Phi) is 7.13. The highest BCUT2D eigenvalue weighted by Crippen LogP contribution is 2.34. The van der Waals surface area contributed by atoms with Gasteiger partial charge in [-0.05, 0) is 55.3 Å². The minimum absolute atomic E-state index is 0.000609. The molecule has 1 saturated carbocycles. The lowest BCUT2D eigenvalue weighted by molar-refractivity contribution is -0.147. The second kappa shape index (κ2) is 10.0. The summed E-state index contributed by atoms with van der Waals surface area (Å²) in [6.45, 7) is 0. The molecule has 9 heteroatoms. The molecule has 166 valence electrons. The van der Waals surface area contributed by atoms with Gasteiger partial charge in [-0.2, -0.15) is 0 Å². The predicted octanol–water partition coefficient (Wildman–Crippen LogP) is 5.75. The maximum absolute atomic E-state index is 12.7. The number of anilines is 1. The molecule has 0 spiro atoms. The second-order valence-corrected chi connectivity index (χ2v) is 10.4. The molecule has 0 unspecified atom stereocenters. The third-order valence-electron chi connectivity index (χ3n) is 5.55. The molecule has 4 rings (SSSR count). The van der Waals surface area contributed by atoms with Crippen LogP contribution in [-0.2, 0) is 9.59 Å². The average Bonchev–Trinajstić information content (AvgIpc) is 3.20. The third kappa shape index (κ3) is 5.31. The molecule has 2 aromatic carbocycles. The van der Waals surface area contributed by atoms with Gasteiger partial charge in [0.25, 0.3) is 0 Å². The van der Waals surface area contributed by atoms with Crippen molar-refractivity contribution in [3.05, 3.63) is 53.1 Å². The number of aromatic nitrogens is 1. The lowest BCUT2D eigenvalue weighted by Gasteiger charge is -2.27. The average molecular weight is 489 g/mol. The number of nitrogens with zero attached hydrogens (tertiary/aromatic N) is 1. The van der Waals surface area contributed by atoms with Crippen molar-refractivity contribution in [2.45, 2.75) is 30.0 Å². The van der Waals surface area contributed by atoms with Crippen LogP contribution in [0.1, 0.15) is 36.0 Å². The van der Waals surface area contributed by atoms with Gasteiger partial charge in [0.2, 0.25) is 5.91 Å². The molecular weight excluding hydrogens is 468 g/mol. The summed E-state index contributed by atoms with van der Waals surface area (Å²) in [7, 11) is 0. The first kappa shape index (κ1) is 22.8. The Hall–Kier alpha value is -2.42. The zero-order valence-corrected chi connectivity index (χ0v) is 19.4. The Bertz CT molecular complexity index is 1160. The van der Waals surface area contributed by atoms with Crippen molar-refractivity contribution in [3.63, 3.8) is 0 Å². The summed E-state index contributed by atoms with van der Waals surface area (Å²) in [6.07, 6.45) is 2.84. The fraction of sp³-hybridized carbons (Fsp3) is 0.304. The number of carbonyl (C=O) groups is 3. The summed E-state index contributed by atoms with van der Waals surface area (Å²) >= 11 is 8.69. The van der Waals surface area contributed by atoms with E-state index in [2.05, 4.69) is 10.3 Å². The first-order valence-corrected chi connectivity index (χ1v) is 12.4. The van der Waals surface area contributed by atoms with E-state index in [0.29, 0.717) is 29.1 Å². The number of thiazole rings is 1. The number of halogens is 1. The number of nitrogens with one attached hydrogen (secondary N) is 1. The number of hydrogen-bond donors (Lipinski definition) is 2. The van der Waals surface area contributed by atoms with Gasteiger partial charge in [-0.25, -0.2) is 4.98 Å². The highest BCUT2D eigenvalue weighted by atomic mass is 35.5. The number of amides is 1. The van der Waals surface area contributed by atoms with Crippen LogP contribution in [-0.4, -0.2) is 33.5 Å². The van der Waals surface area contributed by atoms with Crippen LogP contribution >= 0.6 is 34.7 Å². The number of carboxylic acids is 1. The maximum Gasteiger partial charge on any atom is 0.307 e. The van der Waals surface area contributed by atoms with E-state index in [-0.39, 0.29) is 17.4 Å². The first-order valence-electron chi connectivity index (χ1n) is 10.3. The van der Waals surface area contributed by atoms with Crippen LogP contribution in [0.25, 0.3) is 10.2 Å². The van der Waals surface area contributed by atoms with Crippen molar-refractivity contribution in [2.75, 3.05) is 11.1 Å². The van der Waals surface area contributed by atoms with Gasteiger partial charge in [-0.15, -0.1) is 11.3 Å². The van der Waals surface area contributed by atoms with Gasteiger partial charge in [-0.1, -0.05) is 36.2 Å². The summed E-state index contributed by atoms with van der Waals surface area (Å²) < 4.78 is 1.66.